The summed E-state index contributed by atoms with van der Waals surface area (Å²) in [6.07, 6.45) is 3.03. The molecule has 1 aromatic rings. The van der Waals surface area contributed by atoms with Crippen LogP contribution in [0.1, 0.15) is 38.4 Å². The fraction of sp³-hybridized carbons (Fsp3) is 0.636. The van der Waals surface area contributed by atoms with Gasteiger partial charge in [-0.15, -0.1) is 0 Å². The number of hydrogen-bond donors (Lipinski definition) is 0. The highest BCUT2D eigenvalue weighted by Crippen LogP contribution is 2.54. The lowest BCUT2D eigenvalue weighted by atomic mass is 9.87. The van der Waals surface area contributed by atoms with Crippen LogP contribution in [-0.4, -0.2) is 16.2 Å². The monoisotopic (exact) mass is 368 g/mol. The molecule has 5 heteroatoms. The second-order valence-electron chi connectivity index (χ2n) is 4.98. The van der Waals surface area contributed by atoms with Crippen molar-refractivity contribution in [1.82, 2.24) is 9.97 Å². The fourth-order valence-electron chi connectivity index (χ4n) is 2.48. The van der Waals surface area contributed by atoms with Gasteiger partial charge in [-0.05, 0) is 25.0 Å². The number of hydrogen-bond acceptors (Lipinski definition) is 3. The lowest BCUT2D eigenvalue weighted by Crippen LogP contribution is -2.16. The lowest BCUT2D eigenvalue weighted by molar-refractivity contribution is 0.478. The molecule has 2 rings (SSSR count). The Morgan fingerprint density at radius 3 is 2.50 bits per heavy atom. The first-order valence-electron chi connectivity index (χ1n) is 5.09. The quantitative estimate of drug-likeness (QED) is 0.244. The van der Waals surface area contributed by atoms with Crippen LogP contribution < -0.4 is 0 Å². The van der Waals surface area contributed by atoms with E-state index >= 15 is 0 Å². The molecular formula is C11H14ClIN2S. The van der Waals surface area contributed by atoms with Crippen molar-refractivity contribution in [1.29, 1.82) is 0 Å². The average Bonchev–Trinajstić information content (AvgIpc) is 2.32. The van der Waals surface area contributed by atoms with Gasteiger partial charge in [-0.3, -0.25) is 0 Å². The van der Waals surface area contributed by atoms with Crippen LogP contribution in [0.5, 0.6) is 0 Å². The van der Waals surface area contributed by atoms with Gasteiger partial charge in [0.25, 0.3) is 0 Å². The number of nitrogens with zero attached hydrogens (tertiary/aromatic N) is 2. The topological polar surface area (TPSA) is 25.8 Å². The summed E-state index contributed by atoms with van der Waals surface area (Å²) < 4.78 is 0.0631. The lowest BCUT2D eigenvalue weighted by Gasteiger charge is -2.20. The van der Waals surface area contributed by atoms with E-state index in [1.807, 2.05) is 6.26 Å². The number of fused-ring (bicyclic) bond motifs is 1. The molecule has 1 aliphatic carbocycles. The van der Waals surface area contributed by atoms with Gasteiger partial charge in [0.1, 0.15) is 5.15 Å². The van der Waals surface area contributed by atoms with Gasteiger partial charge in [-0.1, -0.05) is 59.8 Å². The molecule has 0 unspecified atom stereocenters. The Bertz CT molecular complexity index is 446. The van der Waals surface area contributed by atoms with E-state index in [1.54, 1.807) is 0 Å². The number of alkyl halides is 1. The summed E-state index contributed by atoms with van der Waals surface area (Å²) in [5.41, 5.74) is 2.31. The molecule has 1 atom stereocenters. The minimum Gasteiger partial charge on any atom is -0.226 e. The molecule has 0 saturated heterocycles. The Morgan fingerprint density at radius 1 is 1.31 bits per heavy atom. The first-order chi connectivity index (χ1) is 7.28. The maximum absolute atomic E-state index is 6.30. The molecule has 0 N–H and O–H groups in total. The van der Waals surface area contributed by atoms with E-state index in [2.05, 4.69) is 53.3 Å². The van der Waals surface area contributed by atoms with Crippen LogP contribution in [0.3, 0.4) is 0 Å². The van der Waals surface area contributed by atoms with Crippen LogP contribution in [0, 0.1) is 0 Å². The number of halogens is 2. The van der Waals surface area contributed by atoms with Gasteiger partial charge in [0.15, 0.2) is 5.16 Å². The molecule has 0 bridgehead atoms. The average molecular weight is 369 g/mol. The molecule has 1 aliphatic rings. The van der Waals surface area contributed by atoms with Gasteiger partial charge >= 0.3 is 0 Å². The first kappa shape index (κ1) is 12.9. The standard InChI is InChI=1S/C11H14ClIN2S/c1-10(2)5-11(3,13)7-6(10)8(12)15-9(14-7)16-4/h5H2,1-4H3/t11-/m1/s1. The smallest absolute Gasteiger partial charge is 0.188 e. The molecule has 0 aliphatic heterocycles. The Morgan fingerprint density at radius 2 is 1.94 bits per heavy atom. The number of rotatable bonds is 1. The SMILES string of the molecule is CSc1nc(Cl)c2c(n1)[C@](C)(I)CC2(C)C. The molecule has 1 heterocycles. The van der Waals surface area contributed by atoms with Gasteiger partial charge in [-0.2, -0.15) is 0 Å². The van der Waals surface area contributed by atoms with E-state index in [9.17, 15) is 0 Å². The van der Waals surface area contributed by atoms with Gasteiger partial charge in [-0.25, -0.2) is 9.97 Å². The molecule has 0 amide bonds. The summed E-state index contributed by atoms with van der Waals surface area (Å²) >= 11 is 10.3. The van der Waals surface area contributed by atoms with Crippen molar-refractivity contribution in [3.8, 4) is 0 Å². The molecule has 1 aromatic heterocycles. The summed E-state index contributed by atoms with van der Waals surface area (Å²) in [4.78, 5) is 8.98. The molecule has 0 aromatic carbocycles. The largest absolute Gasteiger partial charge is 0.226 e. The summed E-state index contributed by atoms with van der Waals surface area (Å²) in [6, 6.07) is 0. The van der Waals surface area contributed by atoms with Crippen molar-refractivity contribution in [2.75, 3.05) is 6.26 Å². The highest BCUT2D eigenvalue weighted by molar-refractivity contribution is 14.1. The Labute approximate surface area is 119 Å². The zero-order valence-electron chi connectivity index (χ0n) is 9.77. The first-order valence-corrected chi connectivity index (χ1v) is 7.77. The van der Waals surface area contributed by atoms with Gasteiger partial charge in [0, 0.05) is 5.56 Å². The second kappa shape index (κ2) is 3.99. The molecule has 0 spiro atoms. The van der Waals surface area contributed by atoms with Gasteiger partial charge in [0.2, 0.25) is 0 Å². The minimum atomic E-state index is 0.0631. The third kappa shape index (κ3) is 1.97. The maximum atomic E-state index is 6.30. The Kier molecular flexibility index (Phi) is 3.21. The zero-order valence-corrected chi connectivity index (χ0v) is 13.5. The molecule has 88 valence electrons. The molecule has 0 saturated carbocycles. The van der Waals surface area contributed by atoms with Crippen molar-refractivity contribution in [3.63, 3.8) is 0 Å². The van der Waals surface area contributed by atoms with Crippen molar-refractivity contribution in [2.45, 2.75) is 41.2 Å². The summed E-state index contributed by atoms with van der Waals surface area (Å²) in [6.45, 7) is 6.64. The molecule has 0 fully saturated rings. The predicted octanol–water partition coefficient (Wildman–Crippen LogP) is 4.18. The number of aromatic nitrogens is 2. The van der Waals surface area contributed by atoms with Crippen LogP contribution in [0.25, 0.3) is 0 Å². The highest BCUT2D eigenvalue weighted by atomic mass is 127. The zero-order chi connectivity index (χ0) is 12.1. The summed E-state index contributed by atoms with van der Waals surface area (Å²) in [5, 5.41) is 1.39. The minimum absolute atomic E-state index is 0.0631. The normalized spacial score (nSPS) is 26.9. The highest BCUT2D eigenvalue weighted by Gasteiger charge is 2.46. The van der Waals surface area contributed by atoms with Crippen molar-refractivity contribution in [3.05, 3.63) is 16.4 Å². The molecule has 16 heavy (non-hydrogen) atoms. The van der Waals surface area contributed by atoms with E-state index < -0.39 is 0 Å². The maximum Gasteiger partial charge on any atom is 0.188 e. The van der Waals surface area contributed by atoms with Crippen molar-refractivity contribution < 1.29 is 0 Å². The van der Waals surface area contributed by atoms with Gasteiger partial charge < -0.3 is 0 Å². The summed E-state index contributed by atoms with van der Waals surface area (Å²) in [7, 11) is 0. The van der Waals surface area contributed by atoms with Gasteiger partial charge in [0.05, 0.1) is 9.12 Å². The molecular weight excluding hydrogens is 355 g/mol. The molecule has 2 nitrogen and oxygen atoms in total. The van der Waals surface area contributed by atoms with E-state index in [4.69, 9.17) is 11.6 Å². The van der Waals surface area contributed by atoms with Crippen LogP contribution >= 0.6 is 46.0 Å². The van der Waals surface area contributed by atoms with Crippen LogP contribution in [0.15, 0.2) is 5.16 Å². The second-order valence-corrected chi connectivity index (χ2v) is 8.50. The molecule has 0 radical (unpaired) electrons. The van der Waals surface area contributed by atoms with Crippen LogP contribution in [0.2, 0.25) is 5.15 Å². The summed E-state index contributed by atoms with van der Waals surface area (Å²) in [5.74, 6) is 0. The number of thioether (sulfide) groups is 1. The third-order valence-electron chi connectivity index (χ3n) is 2.97. The van der Waals surface area contributed by atoms with E-state index in [-0.39, 0.29) is 8.84 Å². The Balaban J connectivity index is 2.71. The van der Waals surface area contributed by atoms with Crippen LogP contribution in [-0.2, 0) is 8.84 Å². The predicted molar refractivity (Wildman–Crippen MR) is 77.8 cm³/mol. The van der Waals surface area contributed by atoms with Crippen LogP contribution in [0.4, 0.5) is 0 Å². The van der Waals surface area contributed by atoms with E-state index in [1.165, 1.54) is 11.8 Å². The van der Waals surface area contributed by atoms with Crippen molar-refractivity contribution >= 4 is 46.0 Å². The Hall–Kier alpha value is 0.450. The third-order valence-corrected chi connectivity index (χ3v) is 4.68. The fourth-order valence-corrected chi connectivity index (χ4v) is 4.67. The van der Waals surface area contributed by atoms with E-state index in [0.29, 0.717) is 5.15 Å². The van der Waals surface area contributed by atoms with E-state index in [0.717, 1.165) is 22.8 Å². The van der Waals surface area contributed by atoms with Crippen molar-refractivity contribution in [2.24, 2.45) is 0 Å².